The van der Waals surface area contributed by atoms with Crippen LogP contribution in [0.3, 0.4) is 0 Å². The van der Waals surface area contributed by atoms with Crippen molar-refractivity contribution >= 4 is 66.8 Å². The quantitative estimate of drug-likeness (QED) is 0.208. The van der Waals surface area contributed by atoms with Crippen molar-refractivity contribution in [2.45, 2.75) is 25.9 Å². The molecule has 0 atom stereocenters. The summed E-state index contributed by atoms with van der Waals surface area (Å²) >= 11 is 11.6. The molecule has 172 valence electrons. The minimum atomic E-state index is 0.709. The number of aryl methyl sites for hydroxylation is 2. The Labute approximate surface area is 210 Å². The summed E-state index contributed by atoms with van der Waals surface area (Å²) in [4.78, 5) is 0. The number of aromatic nitrogens is 2. The second-order valence-electron chi connectivity index (χ2n) is 8.46. The maximum atomic E-state index is 5.81. The fourth-order valence-corrected chi connectivity index (χ4v) is 5.16. The number of para-hydroxylation sites is 4. The predicted octanol–water partition coefficient (Wildman–Crippen LogP) is 8.85. The van der Waals surface area contributed by atoms with E-state index in [2.05, 4.69) is 106 Å². The number of hydrogen-bond donors (Lipinski definition) is 0. The molecule has 0 radical (unpaired) electrons. The van der Waals surface area contributed by atoms with Crippen LogP contribution >= 0.6 is 23.2 Å². The van der Waals surface area contributed by atoms with Crippen molar-refractivity contribution in [2.24, 2.45) is 0 Å². The van der Waals surface area contributed by atoms with E-state index in [1.54, 1.807) is 0 Å². The van der Waals surface area contributed by atoms with Crippen molar-refractivity contribution in [2.75, 3.05) is 11.8 Å². The lowest BCUT2D eigenvalue weighted by Gasteiger charge is -2.05. The van der Waals surface area contributed by atoms with E-state index in [9.17, 15) is 0 Å². The van der Waals surface area contributed by atoms with Crippen LogP contribution < -0.4 is 0 Å². The third kappa shape index (κ3) is 4.29. The average molecular weight is 487 g/mol. The predicted molar refractivity (Wildman–Crippen MR) is 150 cm³/mol. The summed E-state index contributed by atoms with van der Waals surface area (Å²) < 4.78 is 4.74. The molecule has 0 saturated heterocycles. The smallest absolute Gasteiger partial charge is 0.0491 e. The summed E-state index contributed by atoms with van der Waals surface area (Å²) in [5.74, 6) is 1.42. The van der Waals surface area contributed by atoms with E-state index in [-0.39, 0.29) is 0 Å². The third-order valence-corrected chi connectivity index (χ3v) is 6.92. The maximum absolute atomic E-state index is 5.81. The molecule has 0 unspecified atom stereocenters. The number of nitrogens with zero attached hydrogens (tertiary/aromatic N) is 2. The number of halogens is 2. The molecule has 2 heterocycles. The zero-order valence-electron chi connectivity index (χ0n) is 19.1. The van der Waals surface area contributed by atoms with Gasteiger partial charge >= 0.3 is 0 Å². The van der Waals surface area contributed by atoms with Crippen molar-refractivity contribution in [3.8, 4) is 0 Å². The number of rotatable bonds is 6. The summed E-state index contributed by atoms with van der Waals surface area (Å²) in [5, 5.41) is 5.32. The fraction of sp³-hybridized carbons (Fsp3) is 0.200. The van der Waals surface area contributed by atoms with Crippen molar-refractivity contribution in [1.82, 2.24) is 9.13 Å². The summed E-state index contributed by atoms with van der Waals surface area (Å²) in [7, 11) is 0. The van der Waals surface area contributed by atoms with E-state index in [0.717, 1.165) is 25.9 Å². The van der Waals surface area contributed by atoms with Crippen molar-refractivity contribution in [3.05, 3.63) is 97.1 Å². The summed E-state index contributed by atoms with van der Waals surface area (Å²) in [6, 6.07) is 34.3. The van der Waals surface area contributed by atoms with E-state index in [0.29, 0.717) is 11.8 Å². The molecule has 6 aromatic rings. The Morgan fingerprint density at radius 2 is 0.676 bits per heavy atom. The van der Waals surface area contributed by atoms with Gasteiger partial charge in [-0.3, -0.25) is 0 Å². The van der Waals surface area contributed by atoms with Crippen LogP contribution in [0.1, 0.15) is 12.8 Å². The Morgan fingerprint density at radius 3 is 0.941 bits per heavy atom. The van der Waals surface area contributed by atoms with Gasteiger partial charge in [0.2, 0.25) is 0 Å². The Hall–Kier alpha value is -2.94. The molecule has 0 fully saturated rings. The van der Waals surface area contributed by atoms with Gasteiger partial charge in [-0.2, -0.15) is 0 Å². The van der Waals surface area contributed by atoms with Crippen LogP contribution in [0.15, 0.2) is 97.1 Å². The van der Waals surface area contributed by atoms with Crippen LogP contribution in [-0.2, 0) is 13.1 Å². The minimum absolute atomic E-state index is 0.709. The molecule has 0 spiro atoms. The molecule has 0 bridgehead atoms. The first kappa shape index (κ1) is 22.8. The normalized spacial score (nSPS) is 11.4. The Kier molecular flexibility index (Phi) is 7.08. The highest BCUT2D eigenvalue weighted by atomic mass is 35.5. The first-order valence-electron chi connectivity index (χ1n) is 11.9. The lowest BCUT2D eigenvalue weighted by atomic mass is 10.2. The lowest BCUT2D eigenvalue weighted by Crippen LogP contribution is -1.97. The fourth-order valence-electron chi connectivity index (χ4n) is 4.92. The minimum Gasteiger partial charge on any atom is -0.340 e. The molecule has 0 N–H and O–H groups in total. The molecular formula is C30H28Cl2N2. The van der Waals surface area contributed by atoms with Crippen molar-refractivity contribution < 1.29 is 0 Å². The van der Waals surface area contributed by atoms with Gasteiger partial charge in [0.25, 0.3) is 0 Å². The van der Waals surface area contributed by atoms with Crippen LogP contribution in [-0.4, -0.2) is 20.9 Å². The van der Waals surface area contributed by atoms with Crippen molar-refractivity contribution in [1.29, 1.82) is 0 Å². The largest absolute Gasteiger partial charge is 0.340 e. The van der Waals surface area contributed by atoms with Gasteiger partial charge in [-0.05, 0) is 37.1 Å². The molecule has 4 aromatic carbocycles. The molecule has 0 aliphatic rings. The topological polar surface area (TPSA) is 9.86 Å². The summed E-state index contributed by atoms with van der Waals surface area (Å²) in [6.07, 6.45) is 2.01. The Morgan fingerprint density at radius 1 is 0.412 bits per heavy atom. The molecular weight excluding hydrogens is 459 g/mol. The standard InChI is InChI=1S/2C15H14ClN/c2*16-10-5-11-17-14-8-3-1-6-12(14)13-7-2-4-9-15(13)17/h2*1-4,6-9H,5,10-11H2. The average Bonchev–Trinajstić information content (AvgIpc) is 3.39. The van der Waals surface area contributed by atoms with Gasteiger partial charge in [0, 0.05) is 68.5 Å². The number of benzene rings is 4. The molecule has 34 heavy (non-hydrogen) atoms. The SMILES string of the molecule is ClCCCn1c2ccccc2c2ccccc21.ClCCCn1c2ccccc2c2ccccc21. The number of hydrogen-bond acceptors (Lipinski definition) is 0. The second kappa shape index (κ2) is 10.5. The van der Waals surface area contributed by atoms with E-state index < -0.39 is 0 Å². The molecule has 6 rings (SSSR count). The highest BCUT2D eigenvalue weighted by Crippen LogP contribution is 2.30. The zero-order chi connectivity index (χ0) is 23.3. The van der Waals surface area contributed by atoms with E-state index >= 15 is 0 Å². The van der Waals surface area contributed by atoms with Crippen molar-refractivity contribution in [3.63, 3.8) is 0 Å². The first-order valence-corrected chi connectivity index (χ1v) is 12.9. The summed E-state index contributed by atoms with van der Waals surface area (Å²) in [5.41, 5.74) is 5.22. The van der Waals surface area contributed by atoms with Gasteiger partial charge in [-0.1, -0.05) is 72.8 Å². The van der Waals surface area contributed by atoms with Crippen LogP contribution in [0.25, 0.3) is 43.6 Å². The maximum Gasteiger partial charge on any atom is 0.0491 e. The van der Waals surface area contributed by atoms with E-state index in [1.165, 1.54) is 43.6 Å². The Balaban J connectivity index is 0.000000142. The zero-order valence-corrected chi connectivity index (χ0v) is 20.6. The highest BCUT2D eigenvalue weighted by Gasteiger charge is 2.09. The van der Waals surface area contributed by atoms with Crippen LogP contribution in [0.4, 0.5) is 0 Å². The van der Waals surface area contributed by atoms with Crippen LogP contribution in [0.5, 0.6) is 0 Å². The van der Waals surface area contributed by atoms with Gasteiger partial charge in [0.15, 0.2) is 0 Å². The third-order valence-electron chi connectivity index (χ3n) is 6.39. The van der Waals surface area contributed by atoms with Gasteiger partial charge in [-0.15, -0.1) is 23.2 Å². The molecule has 0 aliphatic carbocycles. The lowest BCUT2D eigenvalue weighted by molar-refractivity contribution is 0.728. The molecule has 2 nitrogen and oxygen atoms in total. The monoisotopic (exact) mass is 486 g/mol. The molecule has 0 aliphatic heterocycles. The van der Waals surface area contributed by atoms with Gasteiger partial charge in [0.1, 0.15) is 0 Å². The van der Waals surface area contributed by atoms with Crippen LogP contribution in [0.2, 0.25) is 0 Å². The van der Waals surface area contributed by atoms with E-state index in [1.807, 2.05) is 0 Å². The number of fused-ring (bicyclic) bond motifs is 6. The van der Waals surface area contributed by atoms with E-state index in [4.69, 9.17) is 23.2 Å². The highest BCUT2D eigenvalue weighted by molar-refractivity contribution is 6.18. The van der Waals surface area contributed by atoms with Gasteiger partial charge in [-0.25, -0.2) is 0 Å². The second-order valence-corrected chi connectivity index (χ2v) is 9.21. The molecule has 4 heteroatoms. The molecule has 0 amide bonds. The van der Waals surface area contributed by atoms with Gasteiger partial charge < -0.3 is 9.13 Å². The molecule has 0 saturated carbocycles. The molecule has 2 aromatic heterocycles. The Bertz CT molecular complexity index is 1320. The van der Waals surface area contributed by atoms with Gasteiger partial charge in [0.05, 0.1) is 0 Å². The summed E-state index contributed by atoms with van der Waals surface area (Å²) in [6.45, 7) is 1.97. The number of alkyl halides is 2. The van der Waals surface area contributed by atoms with Crippen LogP contribution in [0, 0.1) is 0 Å². The first-order chi connectivity index (χ1) is 16.8.